The molecule has 0 fully saturated rings. The summed E-state index contributed by atoms with van der Waals surface area (Å²) in [5, 5.41) is 6.46. The smallest absolute Gasteiger partial charge is 0.343 e. The van der Waals surface area contributed by atoms with Gasteiger partial charge in [0.15, 0.2) is 0 Å². The number of nitrogens with zero attached hydrogens (tertiary/aromatic N) is 1. The van der Waals surface area contributed by atoms with Gasteiger partial charge in [-0.05, 0) is 73.2 Å². The molecule has 0 saturated heterocycles. The number of hydrogen-bond donors (Lipinski definition) is 2. The van der Waals surface area contributed by atoms with Crippen molar-refractivity contribution in [2.45, 2.75) is 6.92 Å². The highest BCUT2D eigenvalue weighted by Gasteiger charge is 2.15. The summed E-state index contributed by atoms with van der Waals surface area (Å²) in [6.45, 7) is 2.41. The van der Waals surface area contributed by atoms with Gasteiger partial charge in [-0.25, -0.2) is 10.2 Å². The quantitative estimate of drug-likeness (QED) is 0.161. The van der Waals surface area contributed by atoms with E-state index in [9.17, 15) is 14.4 Å². The van der Waals surface area contributed by atoms with Crippen molar-refractivity contribution in [1.82, 2.24) is 5.43 Å². The summed E-state index contributed by atoms with van der Waals surface area (Å²) < 4.78 is 10.7. The molecule has 34 heavy (non-hydrogen) atoms. The highest BCUT2D eigenvalue weighted by Crippen LogP contribution is 2.29. The maximum Gasteiger partial charge on any atom is 0.343 e. The van der Waals surface area contributed by atoms with Gasteiger partial charge >= 0.3 is 17.8 Å². The predicted molar refractivity (Wildman–Crippen MR) is 130 cm³/mol. The molecular weight excluding hydrogens is 481 g/mol. The summed E-state index contributed by atoms with van der Waals surface area (Å²) in [7, 11) is 0. The second-order valence-corrected chi connectivity index (χ2v) is 7.46. The second kappa shape index (κ2) is 11.8. The Bertz CT molecular complexity index is 1210. The number of hydrogen-bond acceptors (Lipinski definition) is 6. The molecule has 0 aromatic heterocycles. The maximum atomic E-state index is 12.3. The Morgan fingerprint density at radius 1 is 0.912 bits per heavy atom. The van der Waals surface area contributed by atoms with Crippen LogP contribution in [-0.2, 0) is 9.59 Å². The number of halogens is 2. The minimum Gasteiger partial charge on any atom is -0.494 e. The average molecular weight is 500 g/mol. The lowest BCUT2D eigenvalue weighted by Crippen LogP contribution is -2.32. The fourth-order valence-electron chi connectivity index (χ4n) is 2.64. The lowest BCUT2D eigenvalue weighted by Gasteiger charge is -2.07. The van der Waals surface area contributed by atoms with Gasteiger partial charge in [0, 0.05) is 0 Å². The van der Waals surface area contributed by atoms with E-state index < -0.39 is 17.8 Å². The molecule has 0 aliphatic carbocycles. The summed E-state index contributed by atoms with van der Waals surface area (Å²) >= 11 is 11.9. The molecule has 8 nitrogen and oxygen atoms in total. The molecule has 0 unspecified atom stereocenters. The molecule has 0 aliphatic heterocycles. The molecule has 0 saturated carbocycles. The highest BCUT2D eigenvalue weighted by molar-refractivity contribution is 6.45. The van der Waals surface area contributed by atoms with Crippen LogP contribution in [0.25, 0.3) is 0 Å². The Morgan fingerprint density at radius 3 is 2.26 bits per heavy atom. The third-order valence-corrected chi connectivity index (χ3v) is 5.10. The largest absolute Gasteiger partial charge is 0.494 e. The van der Waals surface area contributed by atoms with E-state index in [0.717, 1.165) is 0 Å². The number of ether oxygens (including phenoxy) is 2. The van der Waals surface area contributed by atoms with E-state index in [1.54, 1.807) is 60.7 Å². The maximum absolute atomic E-state index is 12.3. The molecule has 0 spiro atoms. The first kappa shape index (κ1) is 24.8. The molecule has 2 N–H and O–H groups in total. The van der Waals surface area contributed by atoms with Crippen LogP contribution < -0.4 is 20.2 Å². The van der Waals surface area contributed by atoms with Crippen molar-refractivity contribution in [3.05, 3.63) is 87.9 Å². The first-order chi connectivity index (χ1) is 16.4. The molecule has 0 atom stereocenters. The van der Waals surface area contributed by atoms with Crippen LogP contribution in [0.2, 0.25) is 10.0 Å². The zero-order chi connectivity index (χ0) is 24.5. The van der Waals surface area contributed by atoms with E-state index in [1.807, 2.05) is 6.92 Å². The summed E-state index contributed by atoms with van der Waals surface area (Å²) in [5.74, 6) is -1.47. The summed E-state index contributed by atoms with van der Waals surface area (Å²) in [6, 6.07) is 17.7. The standard InChI is InChI=1S/C24H19Cl2N3O5/c1-2-33-17-12-8-16(9-13-17)24(32)34-18-10-6-15(7-11-18)14-27-29-23(31)22(30)28-20-5-3-4-19(25)21(20)26/h3-14H,2H2,1H3,(H,28,30)(H,29,31)/b27-14-. The third kappa shape index (κ3) is 6.81. The van der Waals surface area contributed by atoms with E-state index in [2.05, 4.69) is 15.8 Å². The number of rotatable bonds is 7. The number of nitrogens with one attached hydrogen (secondary N) is 2. The number of carbonyl (C=O) groups excluding carboxylic acids is 3. The molecule has 2 amide bonds. The van der Waals surface area contributed by atoms with E-state index in [-0.39, 0.29) is 15.7 Å². The van der Waals surface area contributed by atoms with Crippen LogP contribution in [0.4, 0.5) is 5.69 Å². The van der Waals surface area contributed by atoms with Crippen molar-refractivity contribution in [2.24, 2.45) is 5.10 Å². The zero-order valence-corrected chi connectivity index (χ0v) is 19.4. The molecule has 0 radical (unpaired) electrons. The van der Waals surface area contributed by atoms with Gasteiger partial charge in [-0.2, -0.15) is 5.10 Å². The SMILES string of the molecule is CCOc1ccc(C(=O)Oc2ccc(/C=N\NC(=O)C(=O)Nc3cccc(Cl)c3Cl)cc2)cc1. The Labute approximate surface area is 205 Å². The number of carbonyl (C=O) groups is 3. The Balaban J connectivity index is 1.51. The van der Waals surface area contributed by atoms with Crippen LogP contribution in [0.5, 0.6) is 11.5 Å². The van der Waals surface area contributed by atoms with Crippen LogP contribution in [0.15, 0.2) is 71.8 Å². The normalized spacial score (nSPS) is 10.6. The number of esters is 1. The third-order valence-electron chi connectivity index (χ3n) is 4.28. The lowest BCUT2D eigenvalue weighted by molar-refractivity contribution is -0.136. The van der Waals surface area contributed by atoms with Crippen LogP contribution >= 0.6 is 23.2 Å². The molecular formula is C24H19Cl2N3O5. The van der Waals surface area contributed by atoms with Gasteiger partial charge in [0.05, 0.1) is 34.1 Å². The molecule has 174 valence electrons. The molecule has 3 aromatic rings. The van der Waals surface area contributed by atoms with Gasteiger partial charge < -0.3 is 14.8 Å². The van der Waals surface area contributed by atoms with E-state index in [0.29, 0.717) is 29.2 Å². The van der Waals surface area contributed by atoms with Gasteiger partial charge in [-0.15, -0.1) is 0 Å². The molecule has 0 heterocycles. The molecule has 10 heteroatoms. The van der Waals surface area contributed by atoms with Crippen molar-refractivity contribution in [1.29, 1.82) is 0 Å². The molecule has 0 bridgehead atoms. The average Bonchev–Trinajstić information content (AvgIpc) is 2.83. The van der Waals surface area contributed by atoms with Gasteiger partial charge in [0.25, 0.3) is 0 Å². The van der Waals surface area contributed by atoms with Crippen LogP contribution in [-0.4, -0.2) is 30.6 Å². The number of anilines is 1. The summed E-state index contributed by atoms with van der Waals surface area (Å²) in [5.41, 5.74) is 3.30. The lowest BCUT2D eigenvalue weighted by atomic mass is 10.2. The Kier molecular flexibility index (Phi) is 8.61. The van der Waals surface area contributed by atoms with Crippen molar-refractivity contribution < 1.29 is 23.9 Å². The Morgan fingerprint density at radius 2 is 1.59 bits per heavy atom. The summed E-state index contributed by atoms with van der Waals surface area (Å²) in [4.78, 5) is 36.2. The Hall–Kier alpha value is -3.88. The van der Waals surface area contributed by atoms with E-state index in [4.69, 9.17) is 32.7 Å². The van der Waals surface area contributed by atoms with Crippen molar-refractivity contribution in [2.75, 3.05) is 11.9 Å². The van der Waals surface area contributed by atoms with Gasteiger partial charge in [0.2, 0.25) is 0 Å². The van der Waals surface area contributed by atoms with Crippen LogP contribution in [0.1, 0.15) is 22.8 Å². The van der Waals surface area contributed by atoms with E-state index in [1.165, 1.54) is 12.3 Å². The number of amides is 2. The van der Waals surface area contributed by atoms with Gasteiger partial charge in [-0.3, -0.25) is 9.59 Å². The fourth-order valence-corrected chi connectivity index (χ4v) is 2.99. The molecule has 3 rings (SSSR count). The second-order valence-electron chi connectivity index (χ2n) is 6.67. The molecule has 0 aliphatic rings. The number of hydrazone groups is 1. The number of benzene rings is 3. The monoisotopic (exact) mass is 499 g/mol. The van der Waals surface area contributed by atoms with Gasteiger partial charge in [0.1, 0.15) is 11.5 Å². The van der Waals surface area contributed by atoms with Crippen LogP contribution in [0.3, 0.4) is 0 Å². The predicted octanol–water partition coefficient (Wildman–Crippen LogP) is 4.70. The first-order valence-electron chi connectivity index (χ1n) is 10.0. The van der Waals surface area contributed by atoms with Crippen molar-refractivity contribution in [3.8, 4) is 11.5 Å². The van der Waals surface area contributed by atoms with Crippen molar-refractivity contribution in [3.63, 3.8) is 0 Å². The topological polar surface area (TPSA) is 106 Å². The molecule has 3 aromatic carbocycles. The minimum atomic E-state index is -0.992. The van der Waals surface area contributed by atoms with Gasteiger partial charge in [-0.1, -0.05) is 29.3 Å². The fraction of sp³-hybridized carbons (Fsp3) is 0.0833. The first-order valence-corrected chi connectivity index (χ1v) is 10.8. The van der Waals surface area contributed by atoms with Crippen LogP contribution in [0, 0.1) is 0 Å². The van der Waals surface area contributed by atoms with E-state index >= 15 is 0 Å². The minimum absolute atomic E-state index is 0.122. The summed E-state index contributed by atoms with van der Waals surface area (Å²) in [6.07, 6.45) is 1.33. The highest BCUT2D eigenvalue weighted by atomic mass is 35.5. The zero-order valence-electron chi connectivity index (χ0n) is 17.9. The van der Waals surface area contributed by atoms with Crippen molar-refractivity contribution >= 4 is 52.9 Å².